The fourth-order valence-electron chi connectivity index (χ4n) is 3.24. The van der Waals surface area contributed by atoms with Gasteiger partial charge in [0.1, 0.15) is 6.04 Å². The zero-order chi connectivity index (χ0) is 20.1. The van der Waals surface area contributed by atoms with E-state index in [0.29, 0.717) is 0 Å². The van der Waals surface area contributed by atoms with Gasteiger partial charge in [0, 0.05) is 5.71 Å². The summed E-state index contributed by atoms with van der Waals surface area (Å²) >= 11 is 0. The Bertz CT molecular complexity index is 700. The van der Waals surface area contributed by atoms with E-state index in [9.17, 15) is 4.79 Å². The van der Waals surface area contributed by atoms with E-state index in [1.165, 1.54) is 41.6 Å². The monoisotopic (exact) mass is 357 g/mol. The van der Waals surface area contributed by atoms with Gasteiger partial charge in [0.25, 0.3) is 0 Å². The third-order valence-electron chi connectivity index (χ3n) is 5.42. The zero-order valence-electron chi connectivity index (χ0n) is 17.7. The first-order valence-corrected chi connectivity index (χ1v) is 9.47. The van der Waals surface area contributed by atoms with Crippen LogP contribution < -0.4 is 0 Å². The Labute approximate surface area is 159 Å². The lowest BCUT2D eigenvalue weighted by Crippen LogP contribution is -2.19. The standard InChI is InChI=1S/C23H35NO2/c1-15(11-12-16(2)19(5)24-20(6)22(25)26)18(4)14-21-17(3)10-9-13-23(21,7)8/h11-12,14,20H,9-10,13H2,1-8H3,(H,25,26)/b15-11+,16-12+,18-14+,24-19-/t20-/m0/s1. The fraction of sp³-hybridized carbons (Fsp3) is 0.565. The van der Waals surface area contributed by atoms with Crippen LogP contribution >= 0.6 is 0 Å². The van der Waals surface area contributed by atoms with E-state index in [-0.39, 0.29) is 5.41 Å². The number of carbonyl (C=O) groups is 1. The van der Waals surface area contributed by atoms with Gasteiger partial charge < -0.3 is 5.11 Å². The summed E-state index contributed by atoms with van der Waals surface area (Å²) in [7, 11) is 0. The van der Waals surface area contributed by atoms with Crippen molar-refractivity contribution in [3.8, 4) is 0 Å². The van der Waals surface area contributed by atoms with Gasteiger partial charge >= 0.3 is 5.97 Å². The number of hydrogen-bond acceptors (Lipinski definition) is 2. The van der Waals surface area contributed by atoms with Crippen LogP contribution in [0, 0.1) is 5.41 Å². The van der Waals surface area contributed by atoms with Crippen molar-refractivity contribution >= 4 is 11.7 Å². The second kappa shape index (κ2) is 9.16. The van der Waals surface area contributed by atoms with Crippen molar-refractivity contribution in [1.29, 1.82) is 0 Å². The number of hydrogen-bond donors (Lipinski definition) is 1. The van der Waals surface area contributed by atoms with Gasteiger partial charge in [0.05, 0.1) is 0 Å². The quantitative estimate of drug-likeness (QED) is 0.449. The van der Waals surface area contributed by atoms with Crippen LogP contribution in [0.5, 0.6) is 0 Å². The average molecular weight is 358 g/mol. The van der Waals surface area contributed by atoms with Gasteiger partial charge in [-0.1, -0.05) is 37.6 Å². The van der Waals surface area contributed by atoms with Crippen molar-refractivity contribution in [1.82, 2.24) is 0 Å². The Morgan fingerprint density at radius 2 is 1.69 bits per heavy atom. The number of rotatable bonds is 6. The first kappa shape index (κ1) is 22.1. The molecule has 3 nitrogen and oxygen atoms in total. The largest absolute Gasteiger partial charge is 0.480 e. The lowest BCUT2D eigenvalue weighted by Gasteiger charge is -2.33. The number of carboxylic acid groups (broad SMARTS) is 1. The molecule has 0 aromatic rings. The molecule has 0 radical (unpaired) electrons. The van der Waals surface area contributed by atoms with E-state index in [4.69, 9.17) is 5.11 Å². The van der Waals surface area contributed by atoms with E-state index in [1.54, 1.807) is 6.92 Å². The Kier molecular flexibility index (Phi) is 7.80. The summed E-state index contributed by atoms with van der Waals surface area (Å²) in [6.45, 7) is 16.6. The van der Waals surface area contributed by atoms with Crippen molar-refractivity contribution in [2.45, 2.75) is 80.7 Å². The Balaban J connectivity index is 3.04. The van der Waals surface area contributed by atoms with Gasteiger partial charge in [0.2, 0.25) is 0 Å². The van der Waals surface area contributed by atoms with E-state index in [0.717, 1.165) is 11.3 Å². The molecule has 0 amide bonds. The van der Waals surface area contributed by atoms with E-state index in [1.807, 2.05) is 19.9 Å². The molecule has 0 heterocycles. The van der Waals surface area contributed by atoms with Crippen molar-refractivity contribution in [3.63, 3.8) is 0 Å². The molecule has 1 rings (SSSR count). The van der Waals surface area contributed by atoms with Gasteiger partial charge in [-0.2, -0.15) is 0 Å². The maximum absolute atomic E-state index is 10.9. The predicted molar refractivity (Wildman–Crippen MR) is 112 cm³/mol. The molecule has 0 bridgehead atoms. The molecule has 144 valence electrons. The minimum absolute atomic E-state index is 0.242. The highest BCUT2D eigenvalue weighted by Gasteiger charge is 2.26. The lowest BCUT2D eigenvalue weighted by molar-refractivity contribution is -0.137. The van der Waals surface area contributed by atoms with E-state index >= 15 is 0 Å². The predicted octanol–water partition coefficient (Wildman–Crippen LogP) is 6.29. The van der Waals surface area contributed by atoms with Crippen LogP contribution in [0.3, 0.4) is 0 Å². The van der Waals surface area contributed by atoms with Gasteiger partial charge in [-0.05, 0) is 88.5 Å². The maximum Gasteiger partial charge on any atom is 0.328 e. The molecule has 0 fully saturated rings. The van der Waals surface area contributed by atoms with E-state index < -0.39 is 12.0 Å². The highest BCUT2D eigenvalue weighted by atomic mass is 16.4. The summed E-state index contributed by atoms with van der Waals surface area (Å²) < 4.78 is 0. The van der Waals surface area contributed by atoms with Crippen molar-refractivity contribution in [2.24, 2.45) is 10.4 Å². The zero-order valence-corrected chi connectivity index (χ0v) is 17.7. The minimum Gasteiger partial charge on any atom is -0.480 e. The van der Waals surface area contributed by atoms with Crippen molar-refractivity contribution < 1.29 is 9.90 Å². The van der Waals surface area contributed by atoms with Crippen LogP contribution in [-0.4, -0.2) is 22.8 Å². The molecular weight excluding hydrogens is 322 g/mol. The molecule has 0 aromatic carbocycles. The van der Waals surface area contributed by atoms with Gasteiger partial charge in [0.15, 0.2) is 0 Å². The summed E-state index contributed by atoms with van der Waals surface area (Å²) in [5.74, 6) is -0.901. The number of aliphatic carboxylic acids is 1. The number of nitrogens with zero attached hydrogens (tertiary/aromatic N) is 1. The lowest BCUT2D eigenvalue weighted by atomic mass is 9.72. The Morgan fingerprint density at radius 3 is 2.23 bits per heavy atom. The maximum atomic E-state index is 10.9. The second-order valence-electron chi connectivity index (χ2n) is 8.19. The minimum atomic E-state index is -0.901. The topological polar surface area (TPSA) is 49.7 Å². The molecule has 3 heteroatoms. The second-order valence-corrected chi connectivity index (χ2v) is 8.19. The van der Waals surface area contributed by atoms with Crippen molar-refractivity contribution in [3.05, 3.63) is 46.1 Å². The molecular formula is C23H35NO2. The highest BCUT2D eigenvalue weighted by Crippen LogP contribution is 2.41. The molecule has 0 spiro atoms. The van der Waals surface area contributed by atoms with Gasteiger partial charge in [-0.15, -0.1) is 0 Å². The molecule has 1 atom stereocenters. The highest BCUT2D eigenvalue weighted by molar-refractivity contribution is 5.99. The molecule has 0 saturated carbocycles. The Morgan fingerprint density at radius 1 is 1.12 bits per heavy atom. The number of aliphatic imine (C=N–C) groups is 1. The average Bonchev–Trinajstić information content (AvgIpc) is 2.54. The van der Waals surface area contributed by atoms with Crippen LogP contribution in [0.15, 0.2) is 51.1 Å². The summed E-state index contributed by atoms with van der Waals surface area (Å²) in [6.07, 6.45) is 10.2. The molecule has 1 aliphatic rings. The normalized spacial score (nSPS) is 21.1. The molecule has 0 aromatic heterocycles. The Hall–Kier alpha value is -1.90. The summed E-state index contributed by atoms with van der Waals surface area (Å²) in [4.78, 5) is 15.1. The fourth-order valence-corrected chi connectivity index (χ4v) is 3.24. The van der Waals surface area contributed by atoms with E-state index in [2.05, 4.69) is 51.8 Å². The first-order valence-electron chi connectivity index (χ1n) is 9.47. The summed E-state index contributed by atoms with van der Waals surface area (Å²) in [5, 5.41) is 8.97. The molecule has 1 aliphatic carbocycles. The van der Waals surface area contributed by atoms with Crippen LogP contribution in [0.1, 0.15) is 74.7 Å². The van der Waals surface area contributed by atoms with Crippen molar-refractivity contribution in [2.75, 3.05) is 0 Å². The van der Waals surface area contributed by atoms with Crippen LogP contribution in [0.4, 0.5) is 0 Å². The van der Waals surface area contributed by atoms with Gasteiger partial charge in [-0.25, -0.2) is 4.79 Å². The molecule has 26 heavy (non-hydrogen) atoms. The number of allylic oxidation sites excluding steroid dienone is 8. The molecule has 0 aliphatic heterocycles. The van der Waals surface area contributed by atoms with Crippen LogP contribution in [0.25, 0.3) is 0 Å². The smallest absolute Gasteiger partial charge is 0.328 e. The van der Waals surface area contributed by atoms with Crippen LogP contribution in [-0.2, 0) is 4.79 Å². The molecule has 0 unspecified atom stereocenters. The third-order valence-corrected chi connectivity index (χ3v) is 5.42. The first-order chi connectivity index (χ1) is 12.0. The van der Waals surface area contributed by atoms with Crippen LogP contribution in [0.2, 0.25) is 0 Å². The summed E-state index contributed by atoms with van der Waals surface area (Å²) in [5.41, 5.74) is 7.45. The van der Waals surface area contributed by atoms with Gasteiger partial charge in [-0.3, -0.25) is 4.99 Å². The summed E-state index contributed by atoms with van der Waals surface area (Å²) in [6, 6.07) is -0.714. The third kappa shape index (κ3) is 6.12. The number of carboxylic acids is 1. The molecule has 1 N–H and O–H groups in total. The molecule has 0 saturated heterocycles. The SMILES string of the molecule is CC1=C(/C=C(C)/C(C)=C/C=C(C)/C(C)=N\[C@@H](C)C(=O)O)C(C)(C)CCC1.